The summed E-state index contributed by atoms with van der Waals surface area (Å²) in [5, 5.41) is 17.1. The van der Waals surface area contributed by atoms with Crippen molar-refractivity contribution in [1.82, 2.24) is 15.6 Å². The van der Waals surface area contributed by atoms with Crippen LogP contribution >= 0.6 is 0 Å². The number of aromatic nitrogens is 2. The second-order valence-corrected chi connectivity index (χ2v) is 5.59. The van der Waals surface area contributed by atoms with E-state index in [-0.39, 0.29) is 23.6 Å². The van der Waals surface area contributed by atoms with Gasteiger partial charge in [0.2, 0.25) is 5.82 Å². The minimum absolute atomic E-state index is 0.0703. The predicted molar refractivity (Wildman–Crippen MR) is 92.3 cm³/mol. The summed E-state index contributed by atoms with van der Waals surface area (Å²) in [7, 11) is 0. The van der Waals surface area contributed by atoms with Crippen LogP contribution in [0.5, 0.6) is 0 Å². The highest BCUT2D eigenvalue weighted by Gasteiger charge is 2.34. The summed E-state index contributed by atoms with van der Waals surface area (Å²) in [5.74, 6) is -4.94. The number of nitrogens with zero attached hydrogens (tertiary/aromatic N) is 3. The van der Waals surface area contributed by atoms with Gasteiger partial charge in [-0.2, -0.15) is 0 Å². The van der Waals surface area contributed by atoms with Crippen molar-refractivity contribution in [3.8, 4) is 0 Å². The SMILES string of the molecule is CCNC(=O)C(=O)c1cc(N2CCOCC2)nc(C(=O)C(=O)NCC)[n+]1[O-]. The molecule has 11 heteroatoms. The Labute approximate surface area is 155 Å². The summed E-state index contributed by atoms with van der Waals surface area (Å²) in [6.45, 7) is 5.22. The number of ether oxygens (including phenoxy) is 1. The monoisotopic (exact) mass is 379 g/mol. The quantitative estimate of drug-likeness (QED) is 0.244. The number of nitrogens with one attached hydrogen (secondary N) is 2. The largest absolute Gasteiger partial charge is 0.710 e. The lowest BCUT2D eigenvalue weighted by Gasteiger charge is -2.26. The van der Waals surface area contributed by atoms with Crippen molar-refractivity contribution >= 4 is 29.2 Å². The second-order valence-electron chi connectivity index (χ2n) is 5.59. The number of morpholine rings is 1. The molecule has 1 saturated heterocycles. The zero-order valence-electron chi connectivity index (χ0n) is 15.1. The van der Waals surface area contributed by atoms with E-state index in [1.807, 2.05) is 0 Å². The van der Waals surface area contributed by atoms with Gasteiger partial charge in [0.15, 0.2) is 5.69 Å². The van der Waals surface area contributed by atoms with Crippen LogP contribution in [0.1, 0.15) is 35.0 Å². The summed E-state index contributed by atoms with van der Waals surface area (Å²) in [5.41, 5.74) is -0.579. The first-order valence-electron chi connectivity index (χ1n) is 8.53. The maximum absolute atomic E-state index is 12.5. The molecule has 0 saturated carbocycles. The molecule has 0 atom stereocenters. The highest BCUT2D eigenvalue weighted by molar-refractivity contribution is 6.43. The van der Waals surface area contributed by atoms with E-state index >= 15 is 0 Å². The third kappa shape index (κ3) is 4.56. The standard InChI is InChI=1S/C16H21N5O6/c1-3-17-15(24)12(22)10-9-11(20-5-7-27-8-6-20)19-14(21(10)26)13(23)16(25)18-4-2/h9H,3-8H2,1-2H3,(H,17,24)(H,18,25). The molecule has 1 aromatic rings. The van der Waals surface area contributed by atoms with Gasteiger partial charge in [-0.3, -0.25) is 19.2 Å². The third-order valence-electron chi connectivity index (χ3n) is 3.76. The number of anilines is 1. The molecule has 146 valence electrons. The van der Waals surface area contributed by atoms with Crippen molar-refractivity contribution < 1.29 is 28.6 Å². The van der Waals surface area contributed by atoms with Crippen LogP contribution in [0.4, 0.5) is 5.82 Å². The van der Waals surface area contributed by atoms with Crippen molar-refractivity contribution in [3.05, 3.63) is 22.8 Å². The Morgan fingerprint density at radius 2 is 1.67 bits per heavy atom. The molecule has 0 radical (unpaired) electrons. The van der Waals surface area contributed by atoms with Gasteiger partial charge in [-0.1, -0.05) is 0 Å². The van der Waals surface area contributed by atoms with E-state index in [4.69, 9.17) is 4.74 Å². The molecule has 0 unspecified atom stereocenters. The second kappa shape index (κ2) is 9.03. The van der Waals surface area contributed by atoms with E-state index in [1.165, 1.54) is 0 Å². The van der Waals surface area contributed by atoms with Crippen molar-refractivity contribution in [2.24, 2.45) is 0 Å². The molecule has 1 aromatic heterocycles. The van der Waals surface area contributed by atoms with E-state index in [0.717, 1.165) is 6.07 Å². The molecule has 2 rings (SSSR count). The summed E-state index contributed by atoms with van der Waals surface area (Å²) >= 11 is 0. The average molecular weight is 379 g/mol. The zero-order valence-corrected chi connectivity index (χ0v) is 15.1. The minimum atomic E-state index is -1.19. The number of Topliss-reactive ketones (excluding diaryl/α,β-unsaturated/α-hetero) is 2. The zero-order chi connectivity index (χ0) is 20.0. The maximum atomic E-state index is 12.5. The summed E-state index contributed by atoms with van der Waals surface area (Å²) < 4.78 is 5.17. The van der Waals surface area contributed by atoms with Crippen molar-refractivity contribution in [2.45, 2.75) is 13.8 Å². The smallest absolute Gasteiger partial charge is 0.382 e. The summed E-state index contributed by atoms with van der Waals surface area (Å²) in [6.07, 6.45) is 0. The fourth-order valence-electron chi connectivity index (χ4n) is 2.44. The first kappa shape index (κ1) is 20.2. The highest BCUT2D eigenvalue weighted by atomic mass is 16.5. The van der Waals surface area contributed by atoms with Crippen LogP contribution in [0, 0.1) is 5.21 Å². The summed E-state index contributed by atoms with van der Waals surface area (Å²) in [6, 6.07) is 1.14. The number of hydrogen-bond acceptors (Lipinski definition) is 8. The molecule has 2 amide bonds. The van der Waals surface area contributed by atoms with Crippen LogP contribution in [0.3, 0.4) is 0 Å². The number of rotatable bonds is 7. The maximum Gasteiger partial charge on any atom is 0.382 e. The fourth-order valence-corrected chi connectivity index (χ4v) is 2.44. The molecule has 0 bridgehead atoms. The van der Waals surface area contributed by atoms with E-state index in [9.17, 15) is 24.4 Å². The number of hydrogen-bond donors (Lipinski definition) is 2. The number of ketones is 2. The molecule has 0 aromatic carbocycles. The summed E-state index contributed by atoms with van der Waals surface area (Å²) in [4.78, 5) is 54.1. The average Bonchev–Trinajstić information content (AvgIpc) is 2.68. The van der Waals surface area contributed by atoms with E-state index in [1.54, 1.807) is 18.7 Å². The van der Waals surface area contributed by atoms with E-state index in [0.29, 0.717) is 26.3 Å². The Bertz CT molecular complexity index is 709. The molecule has 2 heterocycles. The van der Waals surface area contributed by atoms with Gasteiger partial charge in [0.25, 0.3) is 11.7 Å². The van der Waals surface area contributed by atoms with Crippen LogP contribution in [-0.2, 0) is 14.3 Å². The third-order valence-corrected chi connectivity index (χ3v) is 3.76. The lowest BCUT2D eigenvalue weighted by atomic mass is 10.2. The molecule has 1 aliphatic heterocycles. The molecule has 27 heavy (non-hydrogen) atoms. The number of likely N-dealkylation sites (N-methyl/N-ethyl adjacent to an activating group) is 2. The molecule has 0 spiro atoms. The van der Waals surface area contributed by atoms with Gasteiger partial charge < -0.3 is 25.5 Å². The van der Waals surface area contributed by atoms with Crippen molar-refractivity contribution in [3.63, 3.8) is 0 Å². The van der Waals surface area contributed by atoms with Crippen molar-refractivity contribution in [2.75, 3.05) is 44.3 Å². The van der Waals surface area contributed by atoms with E-state index < -0.39 is 34.9 Å². The predicted octanol–water partition coefficient (Wildman–Crippen LogP) is -1.81. The lowest BCUT2D eigenvalue weighted by molar-refractivity contribution is -0.612. The molecule has 2 N–H and O–H groups in total. The van der Waals surface area contributed by atoms with Crippen LogP contribution in [0.15, 0.2) is 6.07 Å². The van der Waals surface area contributed by atoms with Gasteiger partial charge in [-0.05, 0) is 18.8 Å². The van der Waals surface area contributed by atoms with Crippen molar-refractivity contribution in [1.29, 1.82) is 0 Å². The Kier molecular flexibility index (Phi) is 6.77. The Morgan fingerprint density at radius 1 is 1.11 bits per heavy atom. The van der Waals surface area contributed by atoms with Gasteiger partial charge in [0.05, 0.1) is 19.3 Å². The topological polar surface area (TPSA) is 145 Å². The lowest BCUT2D eigenvalue weighted by Crippen LogP contribution is -2.49. The van der Waals surface area contributed by atoms with Crippen LogP contribution in [0.25, 0.3) is 0 Å². The molecular weight excluding hydrogens is 358 g/mol. The van der Waals surface area contributed by atoms with Gasteiger partial charge in [-0.25, -0.2) is 4.73 Å². The molecular formula is C16H21N5O6. The highest BCUT2D eigenvalue weighted by Crippen LogP contribution is 2.14. The first-order chi connectivity index (χ1) is 12.9. The Balaban J connectivity index is 2.52. The van der Waals surface area contributed by atoms with Gasteiger partial charge in [-0.15, -0.1) is 0 Å². The first-order valence-corrected chi connectivity index (χ1v) is 8.53. The van der Waals surface area contributed by atoms with Gasteiger partial charge in [0.1, 0.15) is 0 Å². The number of carbonyl (C=O) groups is 4. The van der Waals surface area contributed by atoms with E-state index in [2.05, 4.69) is 15.6 Å². The number of carbonyl (C=O) groups excluding carboxylic acids is 4. The minimum Gasteiger partial charge on any atom is -0.710 e. The molecule has 1 fully saturated rings. The fraction of sp³-hybridized carbons (Fsp3) is 0.500. The van der Waals surface area contributed by atoms with Crippen LogP contribution in [0.2, 0.25) is 0 Å². The Hall–Kier alpha value is -3.08. The molecule has 1 aliphatic rings. The number of amides is 2. The van der Waals surface area contributed by atoms with Gasteiger partial charge >= 0.3 is 17.5 Å². The molecule has 0 aliphatic carbocycles. The Morgan fingerprint density at radius 3 is 2.22 bits per heavy atom. The van der Waals surface area contributed by atoms with Crippen LogP contribution in [-0.4, -0.2) is 67.8 Å². The molecule has 11 nitrogen and oxygen atoms in total. The normalized spacial score (nSPS) is 13.8. The van der Waals surface area contributed by atoms with Gasteiger partial charge in [0, 0.05) is 26.2 Å². The van der Waals surface area contributed by atoms with Crippen LogP contribution < -0.4 is 20.3 Å².